The predicted octanol–water partition coefficient (Wildman–Crippen LogP) is 5.33. The molecule has 0 amide bonds. The van der Waals surface area contributed by atoms with E-state index in [2.05, 4.69) is 74.5 Å². The summed E-state index contributed by atoms with van der Waals surface area (Å²) in [7, 11) is 0. The number of hydrogen-bond acceptors (Lipinski definition) is 2. The van der Waals surface area contributed by atoms with Gasteiger partial charge in [0.2, 0.25) is 0 Å². The van der Waals surface area contributed by atoms with Gasteiger partial charge in [-0.15, -0.1) is 0 Å². The van der Waals surface area contributed by atoms with Crippen molar-refractivity contribution in [3.63, 3.8) is 0 Å². The molecule has 2 aromatic rings. The van der Waals surface area contributed by atoms with E-state index in [4.69, 9.17) is 9.47 Å². The quantitative estimate of drug-likeness (QED) is 0.692. The number of ether oxygens (including phenoxy) is 2. The summed E-state index contributed by atoms with van der Waals surface area (Å²) in [5, 5.41) is 0. The molecule has 126 valence electrons. The maximum atomic E-state index is 5.97. The zero-order chi connectivity index (χ0) is 16.8. The van der Waals surface area contributed by atoms with E-state index < -0.39 is 0 Å². The van der Waals surface area contributed by atoms with E-state index in [9.17, 15) is 0 Å². The molecule has 0 saturated carbocycles. The fourth-order valence-corrected chi connectivity index (χ4v) is 2.98. The fourth-order valence-electron chi connectivity index (χ4n) is 2.98. The van der Waals surface area contributed by atoms with Gasteiger partial charge in [-0.05, 0) is 37.8 Å². The second-order valence-corrected chi connectivity index (χ2v) is 6.46. The highest BCUT2D eigenvalue weighted by Gasteiger charge is 2.24. The number of benzene rings is 2. The Kier molecular flexibility index (Phi) is 5.84. The molecule has 0 spiro atoms. The van der Waals surface area contributed by atoms with Crippen LogP contribution in [0.3, 0.4) is 0 Å². The third-order valence-electron chi connectivity index (χ3n) is 4.53. The van der Waals surface area contributed by atoms with Crippen LogP contribution < -0.4 is 0 Å². The predicted molar refractivity (Wildman–Crippen MR) is 98.1 cm³/mol. The van der Waals surface area contributed by atoms with Crippen molar-refractivity contribution in [2.45, 2.75) is 38.9 Å². The Morgan fingerprint density at radius 3 is 2.17 bits per heavy atom. The molecule has 3 rings (SSSR count). The van der Waals surface area contributed by atoms with Crippen LogP contribution in [0, 0.1) is 6.92 Å². The average Bonchev–Trinajstić information content (AvgIpc) is 2.63. The smallest absolute Gasteiger partial charge is 0.183 e. The molecule has 0 N–H and O–H groups in total. The van der Waals surface area contributed by atoms with Gasteiger partial charge in [0.25, 0.3) is 0 Å². The third kappa shape index (κ3) is 4.34. The first kappa shape index (κ1) is 16.9. The van der Waals surface area contributed by atoms with Crippen molar-refractivity contribution in [1.82, 2.24) is 0 Å². The van der Waals surface area contributed by atoms with Gasteiger partial charge in [0.1, 0.15) is 0 Å². The summed E-state index contributed by atoms with van der Waals surface area (Å²) in [5.41, 5.74) is 5.03. The summed E-state index contributed by atoms with van der Waals surface area (Å²) in [6.07, 6.45) is 6.22. The molecule has 0 unspecified atom stereocenters. The molecule has 1 heterocycles. The van der Waals surface area contributed by atoms with Gasteiger partial charge in [0, 0.05) is 11.5 Å². The molecule has 1 fully saturated rings. The van der Waals surface area contributed by atoms with Crippen LogP contribution in [0.2, 0.25) is 0 Å². The van der Waals surface area contributed by atoms with Crippen LogP contribution >= 0.6 is 0 Å². The van der Waals surface area contributed by atoms with Gasteiger partial charge in [-0.3, -0.25) is 0 Å². The lowest BCUT2D eigenvalue weighted by molar-refractivity contribution is -0.191. The largest absolute Gasteiger partial charge is 0.348 e. The Morgan fingerprint density at radius 1 is 0.917 bits per heavy atom. The van der Waals surface area contributed by atoms with Gasteiger partial charge in [-0.25, -0.2) is 0 Å². The van der Waals surface area contributed by atoms with E-state index in [1.165, 1.54) is 16.7 Å². The van der Waals surface area contributed by atoms with Crippen molar-refractivity contribution < 1.29 is 9.47 Å². The van der Waals surface area contributed by atoms with Crippen molar-refractivity contribution in [3.8, 4) is 0 Å². The van der Waals surface area contributed by atoms with E-state index in [0.717, 1.165) is 18.4 Å². The Hall–Kier alpha value is -1.90. The lowest BCUT2D eigenvalue weighted by atomic mass is 9.99. The van der Waals surface area contributed by atoms with Gasteiger partial charge in [0.15, 0.2) is 6.29 Å². The minimum absolute atomic E-state index is 0.240. The molecule has 2 nitrogen and oxygen atoms in total. The summed E-state index contributed by atoms with van der Waals surface area (Å²) in [5.74, 6) is 0.321. The number of allylic oxidation sites excluding steroid dienone is 2. The molecule has 0 radical (unpaired) electrons. The summed E-state index contributed by atoms with van der Waals surface area (Å²) < 4.78 is 11.9. The van der Waals surface area contributed by atoms with Crippen molar-refractivity contribution in [3.05, 3.63) is 82.9 Å². The zero-order valence-electron chi connectivity index (χ0n) is 14.6. The van der Waals surface area contributed by atoms with E-state index >= 15 is 0 Å². The summed E-state index contributed by atoms with van der Waals surface area (Å²) in [4.78, 5) is 0. The van der Waals surface area contributed by atoms with Gasteiger partial charge in [-0.2, -0.15) is 0 Å². The molecular weight excluding hydrogens is 296 g/mol. The number of aryl methyl sites for hydroxylation is 2. The molecule has 2 heteroatoms. The third-order valence-corrected chi connectivity index (χ3v) is 4.53. The van der Waals surface area contributed by atoms with Crippen molar-refractivity contribution in [2.24, 2.45) is 0 Å². The maximum Gasteiger partial charge on any atom is 0.183 e. The van der Waals surface area contributed by atoms with E-state index in [0.29, 0.717) is 19.1 Å². The van der Waals surface area contributed by atoms with Crippen LogP contribution in [-0.4, -0.2) is 13.2 Å². The van der Waals surface area contributed by atoms with Gasteiger partial charge >= 0.3 is 0 Å². The van der Waals surface area contributed by atoms with E-state index in [1.54, 1.807) is 0 Å². The molecule has 1 aliphatic heterocycles. The van der Waals surface area contributed by atoms with E-state index in [-0.39, 0.29) is 6.29 Å². The van der Waals surface area contributed by atoms with Crippen molar-refractivity contribution >= 4 is 0 Å². The second kappa shape index (κ2) is 8.27. The lowest BCUT2D eigenvalue weighted by Crippen LogP contribution is -2.25. The van der Waals surface area contributed by atoms with Gasteiger partial charge < -0.3 is 9.47 Å². The summed E-state index contributed by atoms with van der Waals surface area (Å²) in [6.45, 7) is 5.58. The average molecular weight is 322 g/mol. The molecule has 0 atom stereocenters. The minimum Gasteiger partial charge on any atom is -0.348 e. The molecule has 24 heavy (non-hydrogen) atoms. The maximum absolute atomic E-state index is 5.97. The van der Waals surface area contributed by atoms with Crippen molar-refractivity contribution in [1.29, 1.82) is 0 Å². The number of hydrogen-bond donors (Lipinski definition) is 0. The summed E-state index contributed by atoms with van der Waals surface area (Å²) in [6, 6.07) is 17.2. The fraction of sp³-hybridized carbons (Fsp3) is 0.364. The van der Waals surface area contributed by atoms with Gasteiger partial charge in [-0.1, -0.05) is 66.2 Å². The highest BCUT2D eigenvalue weighted by molar-refractivity contribution is 5.26. The Balaban J connectivity index is 1.55. The highest BCUT2D eigenvalue weighted by Crippen LogP contribution is 2.30. The van der Waals surface area contributed by atoms with E-state index in [1.807, 2.05) is 0 Å². The monoisotopic (exact) mass is 322 g/mol. The molecule has 0 aliphatic carbocycles. The normalized spacial score (nSPS) is 21.2. The molecule has 1 aliphatic rings. The van der Waals surface area contributed by atoms with Crippen LogP contribution in [0.15, 0.2) is 60.7 Å². The standard InChI is InChI=1S/C22H26O2/c1-3-4-5-6-18-9-13-20(14-10-18)22-23-15-21(16-24-22)19-11-7-17(2)8-12-19/h3-4,7-14,21-22H,5-6,15-16H2,1-2H3. The molecule has 2 aromatic carbocycles. The Labute approximate surface area is 145 Å². The lowest BCUT2D eigenvalue weighted by Gasteiger charge is -2.30. The number of rotatable bonds is 5. The molecule has 0 bridgehead atoms. The molecule has 1 saturated heterocycles. The minimum atomic E-state index is -0.240. The first-order valence-corrected chi connectivity index (χ1v) is 8.76. The van der Waals surface area contributed by atoms with Crippen LogP contribution in [-0.2, 0) is 15.9 Å². The topological polar surface area (TPSA) is 18.5 Å². The van der Waals surface area contributed by atoms with Gasteiger partial charge in [0.05, 0.1) is 13.2 Å². The SMILES string of the molecule is CC=CCCc1ccc(C2OCC(c3ccc(C)cc3)CO2)cc1. The van der Waals surface area contributed by atoms with Crippen LogP contribution in [0.5, 0.6) is 0 Å². The molecular formula is C22H26O2. The first-order chi connectivity index (χ1) is 11.8. The Morgan fingerprint density at radius 2 is 1.54 bits per heavy atom. The molecule has 0 aromatic heterocycles. The van der Waals surface area contributed by atoms with Crippen LogP contribution in [0.25, 0.3) is 0 Å². The zero-order valence-corrected chi connectivity index (χ0v) is 14.6. The second-order valence-electron chi connectivity index (χ2n) is 6.46. The van der Waals surface area contributed by atoms with Crippen molar-refractivity contribution in [2.75, 3.05) is 13.2 Å². The van der Waals surface area contributed by atoms with Crippen LogP contribution in [0.4, 0.5) is 0 Å². The highest BCUT2D eigenvalue weighted by atomic mass is 16.7. The van der Waals surface area contributed by atoms with Crippen LogP contribution in [0.1, 0.15) is 47.8 Å². The summed E-state index contributed by atoms with van der Waals surface area (Å²) >= 11 is 0. The first-order valence-electron chi connectivity index (χ1n) is 8.76. The Bertz CT molecular complexity index is 647.